The molecule has 0 saturated heterocycles. The first-order valence-electron chi connectivity index (χ1n) is 4.51. The zero-order chi connectivity index (χ0) is 12.2. The topological polar surface area (TPSA) is 26.0 Å². The van der Waals surface area contributed by atoms with Gasteiger partial charge in [-0.05, 0) is 18.2 Å². The van der Waals surface area contributed by atoms with Gasteiger partial charge >= 0.3 is 6.18 Å². The van der Waals surface area contributed by atoms with E-state index in [-0.39, 0.29) is 10.6 Å². The van der Waals surface area contributed by atoms with Crippen molar-refractivity contribution in [3.05, 3.63) is 34.3 Å². The molecule has 1 aromatic rings. The van der Waals surface area contributed by atoms with Crippen LogP contribution in [0, 0.1) is 11.8 Å². The number of hydrogen-bond acceptors (Lipinski definition) is 1. The second kappa shape index (κ2) is 5.24. The maximum Gasteiger partial charge on any atom is 0.416 e. The van der Waals surface area contributed by atoms with Crippen molar-refractivity contribution < 1.29 is 13.2 Å². The zero-order valence-corrected chi connectivity index (χ0v) is 8.99. The van der Waals surface area contributed by atoms with Gasteiger partial charge in [-0.15, -0.1) is 0 Å². The van der Waals surface area contributed by atoms with Gasteiger partial charge in [0.1, 0.15) is 0 Å². The summed E-state index contributed by atoms with van der Waals surface area (Å²) < 4.78 is 37.1. The molecule has 86 valence electrons. The molecule has 0 radical (unpaired) electrons. The summed E-state index contributed by atoms with van der Waals surface area (Å²) in [5.41, 5.74) is 4.63. The molecule has 0 amide bonds. The van der Waals surface area contributed by atoms with E-state index in [1.807, 2.05) is 0 Å². The number of hydrogen-bond donors (Lipinski definition) is 1. The molecular weight excluding hydrogens is 239 g/mol. The lowest BCUT2D eigenvalue weighted by Crippen LogP contribution is -2.04. The smallest absolute Gasteiger partial charge is 0.330 e. The highest BCUT2D eigenvalue weighted by Crippen LogP contribution is 2.31. The Morgan fingerprint density at radius 3 is 2.56 bits per heavy atom. The van der Waals surface area contributed by atoms with Gasteiger partial charge in [-0.2, -0.15) is 13.2 Å². The van der Waals surface area contributed by atoms with Gasteiger partial charge < -0.3 is 5.73 Å². The molecule has 0 unspecified atom stereocenters. The molecule has 5 heteroatoms. The molecule has 0 atom stereocenters. The van der Waals surface area contributed by atoms with E-state index in [1.54, 1.807) is 0 Å². The molecule has 0 aromatic heterocycles. The Morgan fingerprint density at radius 2 is 2.00 bits per heavy atom. The summed E-state index contributed by atoms with van der Waals surface area (Å²) in [6.45, 7) is 0.365. The molecular formula is C11H9ClF3N. The predicted molar refractivity (Wildman–Crippen MR) is 57.0 cm³/mol. The van der Waals surface area contributed by atoms with E-state index in [0.717, 1.165) is 12.1 Å². The maximum atomic E-state index is 12.4. The summed E-state index contributed by atoms with van der Waals surface area (Å²) in [6, 6.07) is 3.05. The van der Waals surface area contributed by atoms with E-state index in [9.17, 15) is 13.2 Å². The van der Waals surface area contributed by atoms with E-state index in [0.29, 0.717) is 13.0 Å². The lowest BCUT2D eigenvalue weighted by Gasteiger charge is -2.07. The van der Waals surface area contributed by atoms with Crippen molar-refractivity contribution >= 4 is 11.6 Å². The molecule has 2 N–H and O–H groups in total. The molecule has 1 rings (SSSR count). The van der Waals surface area contributed by atoms with Crippen LogP contribution in [0.5, 0.6) is 0 Å². The Kier molecular flexibility index (Phi) is 4.22. The minimum absolute atomic E-state index is 0.171. The van der Waals surface area contributed by atoms with E-state index < -0.39 is 11.7 Å². The normalized spacial score (nSPS) is 10.8. The Morgan fingerprint density at radius 1 is 1.31 bits per heavy atom. The standard InChI is InChI=1S/C11H9ClF3N/c12-10-5-4-9(11(13,14)15)7-8(10)3-1-2-6-16/h4-5,7H,2,6,16H2. The molecule has 0 bridgehead atoms. The van der Waals surface area contributed by atoms with Crippen LogP contribution in [0.4, 0.5) is 13.2 Å². The van der Waals surface area contributed by atoms with Gasteiger partial charge in [0, 0.05) is 18.5 Å². The van der Waals surface area contributed by atoms with Gasteiger partial charge in [-0.1, -0.05) is 23.4 Å². The Labute approximate surface area is 96.4 Å². The number of rotatable bonds is 1. The molecule has 0 aliphatic rings. The van der Waals surface area contributed by atoms with Crippen LogP contribution in [0.25, 0.3) is 0 Å². The SMILES string of the molecule is NCCC#Cc1cc(C(F)(F)F)ccc1Cl. The average molecular weight is 248 g/mol. The van der Waals surface area contributed by atoms with Crippen LogP contribution in [0.2, 0.25) is 5.02 Å². The second-order valence-corrected chi connectivity index (χ2v) is 3.44. The van der Waals surface area contributed by atoms with Gasteiger partial charge in [0.05, 0.1) is 10.6 Å². The number of halogens is 4. The van der Waals surface area contributed by atoms with Crippen molar-refractivity contribution in [2.24, 2.45) is 5.73 Å². The Balaban J connectivity index is 3.06. The van der Waals surface area contributed by atoms with Crippen molar-refractivity contribution in [3.8, 4) is 11.8 Å². The third-order valence-corrected chi connectivity index (χ3v) is 2.12. The highest BCUT2D eigenvalue weighted by molar-refractivity contribution is 6.31. The van der Waals surface area contributed by atoms with E-state index >= 15 is 0 Å². The van der Waals surface area contributed by atoms with Crippen molar-refractivity contribution in [2.45, 2.75) is 12.6 Å². The molecule has 0 aliphatic carbocycles. The van der Waals surface area contributed by atoms with Crippen LogP contribution in [-0.4, -0.2) is 6.54 Å². The monoisotopic (exact) mass is 247 g/mol. The van der Waals surface area contributed by atoms with Crippen molar-refractivity contribution in [1.29, 1.82) is 0 Å². The van der Waals surface area contributed by atoms with Crippen molar-refractivity contribution in [2.75, 3.05) is 6.54 Å². The fourth-order valence-electron chi connectivity index (χ4n) is 1.03. The predicted octanol–water partition coefficient (Wildman–Crippen LogP) is 3.06. The highest BCUT2D eigenvalue weighted by atomic mass is 35.5. The fraction of sp³-hybridized carbons (Fsp3) is 0.273. The van der Waals surface area contributed by atoms with E-state index in [2.05, 4.69) is 11.8 Å². The van der Waals surface area contributed by atoms with Gasteiger partial charge in [-0.25, -0.2) is 0 Å². The van der Waals surface area contributed by atoms with E-state index in [1.165, 1.54) is 6.07 Å². The molecule has 1 aromatic carbocycles. The number of alkyl halides is 3. The molecule has 0 heterocycles. The second-order valence-electron chi connectivity index (χ2n) is 3.03. The average Bonchev–Trinajstić information content (AvgIpc) is 2.19. The summed E-state index contributed by atoms with van der Waals surface area (Å²) in [5, 5.41) is 0.206. The molecule has 1 nitrogen and oxygen atoms in total. The fourth-order valence-corrected chi connectivity index (χ4v) is 1.19. The minimum Gasteiger partial charge on any atom is -0.330 e. The third-order valence-electron chi connectivity index (χ3n) is 1.79. The van der Waals surface area contributed by atoms with E-state index in [4.69, 9.17) is 17.3 Å². The maximum absolute atomic E-state index is 12.4. The Hall–Kier alpha value is -1.18. The first-order valence-corrected chi connectivity index (χ1v) is 4.88. The summed E-state index contributed by atoms with van der Waals surface area (Å²) in [7, 11) is 0. The Bertz CT molecular complexity index is 429. The lowest BCUT2D eigenvalue weighted by atomic mass is 10.1. The summed E-state index contributed by atoms with van der Waals surface area (Å²) in [6.07, 6.45) is -3.96. The highest BCUT2D eigenvalue weighted by Gasteiger charge is 2.30. The van der Waals surface area contributed by atoms with Gasteiger partial charge in [0.2, 0.25) is 0 Å². The van der Waals surface area contributed by atoms with Gasteiger partial charge in [0.25, 0.3) is 0 Å². The summed E-state index contributed by atoms with van der Waals surface area (Å²) in [4.78, 5) is 0. The van der Waals surface area contributed by atoms with Crippen LogP contribution in [-0.2, 0) is 6.18 Å². The van der Waals surface area contributed by atoms with Gasteiger partial charge in [-0.3, -0.25) is 0 Å². The number of nitrogens with two attached hydrogens (primary N) is 1. The first-order chi connectivity index (χ1) is 7.45. The van der Waals surface area contributed by atoms with Crippen LogP contribution in [0.15, 0.2) is 18.2 Å². The third kappa shape index (κ3) is 3.44. The van der Waals surface area contributed by atoms with Crippen LogP contribution in [0.1, 0.15) is 17.5 Å². The van der Waals surface area contributed by atoms with Gasteiger partial charge in [0.15, 0.2) is 0 Å². The molecule has 0 spiro atoms. The van der Waals surface area contributed by atoms with Crippen LogP contribution in [0.3, 0.4) is 0 Å². The quantitative estimate of drug-likeness (QED) is 0.759. The summed E-state index contributed by atoms with van der Waals surface area (Å²) in [5.74, 6) is 5.21. The molecule has 0 saturated carbocycles. The van der Waals surface area contributed by atoms with Crippen molar-refractivity contribution in [3.63, 3.8) is 0 Å². The van der Waals surface area contributed by atoms with Crippen LogP contribution < -0.4 is 5.73 Å². The summed E-state index contributed by atoms with van der Waals surface area (Å²) >= 11 is 5.72. The van der Waals surface area contributed by atoms with Crippen molar-refractivity contribution in [1.82, 2.24) is 0 Å². The largest absolute Gasteiger partial charge is 0.416 e. The minimum atomic E-state index is -4.38. The molecule has 0 fully saturated rings. The zero-order valence-electron chi connectivity index (χ0n) is 8.24. The molecule has 16 heavy (non-hydrogen) atoms. The lowest BCUT2D eigenvalue weighted by molar-refractivity contribution is -0.137. The molecule has 0 aliphatic heterocycles. The number of benzene rings is 1. The first kappa shape index (κ1) is 12.9. The van der Waals surface area contributed by atoms with Crippen LogP contribution >= 0.6 is 11.6 Å².